The second-order valence-electron chi connectivity index (χ2n) is 6.09. The first kappa shape index (κ1) is 13.9. The van der Waals surface area contributed by atoms with Gasteiger partial charge in [-0.25, -0.2) is 0 Å². The number of nitrogens with one attached hydrogen (secondary N) is 1. The first-order valence-electron chi connectivity index (χ1n) is 7.54. The van der Waals surface area contributed by atoms with E-state index in [0.29, 0.717) is 5.75 Å². The standard InChI is InChI=1S/C16H22N2OS/c19-16(11-20-10-12-3-5-17-6-4-12)18-9-15-8-13-1-2-14(15)7-13/h3-6,13-15H,1-2,7-11H2,(H,18,19). The minimum atomic E-state index is 0.187. The molecule has 0 saturated heterocycles. The number of aromatic nitrogens is 1. The number of pyridine rings is 1. The Morgan fingerprint density at radius 1 is 1.30 bits per heavy atom. The van der Waals surface area contributed by atoms with Gasteiger partial charge in [0.25, 0.3) is 0 Å². The van der Waals surface area contributed by atoms with Crippen molar-refractivity contribution in [3.8, 4) is 0 Å². The molecule has 2 saturated carbocycles. The zero-order chi connectivity index (χ0) is 13.8. The Hall–Kier alpha value is -1.03. The van der Waals surface area contributed by atoms with E-state index >= 15 is 0 Å². The fourth-order valence-corrected chi connectivity index (χ4v) is 4.48. The number of nitrogens with zero attached hydrogens (tertiary/aromatic N) is 1. The molecule has 1 aromatic heterocycles. The molecule has 1 aromatic rings. The molecule has 0 spiro atoms. The van der Waals surface area contributed by atoms with Gasteiger partial charge in [0, 0.05) is 24.7 Å². The monoisotopic (exact) mass is 290 g/mol. The van der Waals surface area contributed by atoms with Gasteiger partial charge < -0.3 is 5.32 Å². The third-order valence-corrected chi connectivity index (χ3v) is 5.70. The van der Waals surface area contributed by atoms with Crippen molar-refractivity contribution in [2.45, 2.75) is 31.4 Å². The second kappa shape index (κ2) is 6.61. The Bertz CT molecular complexity index is 451. The van der Waals surface area contributed by atoms with Crippen LogP contribution in [0.5, 0.6) is 0 Å². The molecule has 0 radical (unpaired) electrons. The van der Waals surface area contributed by atoms with Crippen molar-refractivity contribution in [2.24, 2.45) is 17.8 Å². The molecule has 1 heterocycles. The Labute approximate surface area is 124 Å². The quantitative estimate of drug-likeness (QED) is 0.876. The van der Waals surface area contributed by atoms with Crippen LogP contribution in [-0.4, -0.2) is 23.2 Å². The van der Waals surface area contributed by atoms with Gasteiger partial charge in [-0.1, -0.05) is 6.42 Å². The van der Waals surface area contributed by atoms with Crippen LogP contribution in [0, 0.1) is 17.8 Å². The van der Waals surface area contributed by atoms with E-state index in [9.17, 15) is 4.79 Å². The number of thioether (sulfide) groups is 1. The van der Waals surface area contributed by atoms with Crippen LogP contribution in [0.15, 0.2) is 24.5 Å². The summed E-state index contributed by atoms with van der Waals surface area (Å²) < 4.78 is 0. The summed E-state index contributed by atoms with van der Waals surface area (Å²) in [5, 5.41) is 3.12. The van der Waals surface area contributed by atoms with Crippen LogP contribution < -0.4 is 5.32 Å². The van der Waals surface area contributed by atoms with Crippen molar-refractivity contribution in [3.63, 3.8) is 0 Å². The first-order chi connectivity index (χ1) is 9.81. The van der Waals surface area contributed by atoms with Crippen LogP contribution in [0.1, 0.15) is 31.2 Å². The Morgan fingerprint density at radius 3 is 2.85 bits per heavy atom. The van der Waals surface area contributed by atoms with Crippen molar-refractivity contribution >= 4 is 17.7 Å². The molecule has 2 aliphatic rings. The molecule has 1 N–H and O–H groups in total. The third-order valence-electron chi connectivity index (χ3n) is 4.70. The molecule has 3 rings (SSSR count). The average molecular weight is 290 g/mol. The van der Waals surface area contributed by atoms with Crippen LogP contribution in [0.3, 0.4) is 0 Å². The molecule has 3 nitrogen and oxygen atoms in total. The summed E-state index contributed by atoms with van der Waals surface area (Å²) in [6.07, 6.45) is 9.17. The van der Waals surface area contributed by atoms with E-state index in [-0.39, 0.29) is 5.91 Å². The Balaban J connectivity index is 1.32. The number of carbonyl (C=O) groups is 1. The average Bonchev–Trinajstić information content (AvgIpc) is 3.09. The number of amides is 1. The van der Waals surface area contributed by atoms with Gasteiger partial charge in [0.05, 0.1) is 5.75 Å². The number of carbonyl (C=O) groups excluding carboxylic acids is 1. The van der Waals surface area contributed by atoms with Crippen LogP contribution in [0.2, 0.25) is 0 Å². The Morgan fingerprint density at radius 2 is 2.15 bits per heavy atom. The molecule has 3 unspecified atom stereocenters. The van der Waals surface area contributed by atoms with Gasteiger partial charge in [0.2, 0.25) is 5.91 Å². The van der Waals surface area contributed by atoms with Gasteiger partial charge in [-0.05, 0) is 54.7 Å². The smallest absolute Gasteiger partial charge is 0.230 e. The number of rotatable bonds is 6. The van der Waals surface area contributed by atoms with Gasteiger partial charge in [-0.15, -0.1) is 11.8 Å². The fourth-order valence-electron chi connectivity index (χ4n) is 3.66. The van der Waals surface area contributed by atoms with Crippen LogP contribution in [-0.2, 0) is 10.5 Å². The highest BCUT2D eigenvalue weighted by Crippen LogP contribution is 2.47. The summed E-state index contributed by atoms with van der Waals surface area (Å²) in [6, 6.07) is 4.00. The predicted molar refractivity (Wildman–Crippen MR) is 82.3 cm³/mol. The lowest BCUT2D eigenvalue weighted by molar-refractivity contribution is -0.118. The lowest BCUT2D eigenvalue weighted by Gasteiger charge is -2.21. The van der Waals surface area contributed by atoms with E-state index in [2.05, 4.69) is 10.3 Å². The highest BCUT2D eigenvalue weighted by atomic mass is 32.2. The fraction of sp³-hybridized carbons (Fsp3) is 0.625. The molecular formula is C16H22N2OS. The minimum absolute atomic E-state index is 0.187. The van der Waals surface area contributed by atoms with E-state index in [0.717, 1.165) is 30.1 Å². The molecule has 2 fully saturated rings. The van der Waals surface area contributed by atoms with E-state index in [4.69, 9.17) is 0 Å². The molecule has 3 atom stereocenters. The first-order valence-corrected chi connectivity index (χ1v) is 8.70. The molecule has 0 aromatic carbocycles. The molecule has 2 bridgehead atoms. The van der Waals surface area contributed by atoms with Gasteiger partial charge >= 0.3 is 0 Å². The maximum atomic E-state index is 11.9. The normalized spacial score (nSPS) is 27.7. The third kappa shape index (κ3) is 3.54. The van der Waals surface area contributed by atoms with Gasteiger partial charge in [0.15, 0.2) is 0 Å². The van der Waals surface area contributed by atoms with Crippen LogP contribution in [0.4, 0.5) is 0 Å². The summed E-state index contributed by atoms with van der Waals surface area (Å²) in [5.41, 5.74) is 1.23. The molecule has 4 heteroatoms. The zero-order valence-corrected chi connectivity index (χ0v) is 12.6. The lowest BCUT2D eigenvalue weighted by Crippen LogP contribution is -2.32. The topological polar surface area (TPSA) is 42.0 Å². The van der Waals surface area contributed by atoms with E-state index < -0.39 is 0 Å². The van der Waals surface area contributed by atoms with Crippen LogP contribution >= 0.6 is 11.8 Å². The molecule has 0 aliphatic heterocycles. The van der Waals surface area contributed by atoms with E-state index in [1.807, 2.05) is 12.1 Å². The van der Waals surface area contributed by atoms with Gasteiger partial charge in [-0.3, -0.25) is 9.78 Å². The highest BCUT2D eigenvalue weighted by molar-refractivity contribution is 7.99. The minimum Gasteiger partial charge on any atom is -0.355 e. The summed E-state index contributed by atoms with van der Waals surface area (Å²) in [6.45, 7) is 0.899. The largest absolute Gasteiger partial charge is 0.355 e. The van der Waals surface area contributed by atoms with Gasteiger partial charge in [0.1, 0.15) is 0 Å². The van der Waals surface area contributed by atoms with Crippen molar-refractivity contribution in [1.29, 1.82) is 0 Å². The Kier molecular flexibility index (Phi) is 4.61. The van der Waals surface area contributed by atoms with Crippen molar-refractivity contribution in [3.05, 3.63) is 30.1 Å². The zero-order valence-electron chi connectivity index (χ0n) is 11.8. The van der Waals surface area contributed by atoms with Crippen LogP contribution in [0.25, 0.3) is 0 Å². The molecule has 1 amide bonds. The molecular weight excluding hydrogens is 268 g/mol. The highest BCUT2D eigenvalue weighted by Gasteiger charge is 2.39. The SMILES string of the molecule is O=C(CSCc1ccncc1)NCC1CC2CCC1C2. The summed E-state index contributed by atoms with van der Waals surface area (Å²) >= 11 is 1.67. The number of fused-ring (bicyclic) bond motifs is 2. The van der Waals surface area contributed by atoms with Crippen molar-refractivity contribution in [2.75, 3.05) is 12.3 Å². The molecule has 2 aliphatic carbocycles. The molecule has 108 valence electrons. The molecule has 20 heavy (non-hydrogen) atoms. The number of hydrogen-bond donors (Lipinski definition) is 1. The number of hydrogen-bond acceptors (Lipinski definition) is 3. The predicted octanol–water partition coefficient (Wildman–Crippen LogP) is 2.87. The lowest BCUT2D eigenvalue weighted by atomic mass is 9.89. The summed E-state index contributed by atoms with van der Waals surface area (Å²) in [7, 11) is 0. The maximum absolute atomic E-state index is 11.9. The van der Waals surface area contributed by atoms with Crippen molar-refractivity contribution < 1.29 is 4.79 Å². The second-order valence-corrected chi connectivity index (χ2v) is 7.07. The van der Waals surface area contributed by atoms with Gasteiger partial charge in [-0.2, -0.15) is 0 Å². The van der Waals surface area contributed by atoms with E-state index in [1.165, 1.54) is 31.2 Å². The van der Waals surface area contributed by atoms with E-state index in [1.54, 1.807) is 24.2 Å². The maximum Gasteiger partial charge on any atom is 0.230 e. The van der Waals surface area contributed by atoms with Crippen molar-refractivity contribution in [1.82, 2.24) is 10.3 Å². The summed E-state index contributed by atoms with van der Waals surface area (Å²) in [4.78, 5) is 15.8. The summed E-state index contributed by atoms with van der Waals surface area (Å²) in [5.74, 6) is 4.23.